The van der Waals surface area contributed by atoms with E-state index in [0.29, 0.717) is 16.5 Å². The van der Waals surface area contributed by atoms with Gasteiger partial charge in [-0.25, -0.2) is 4.98 Å². The number of nitrogens with two attached hydrogens (primary N) is 1. The standard InChI is InChI=1S/C9H9ClN2O2/c1-14-9-6(2-3-8(11)13)4-7(10)5-12-9/h2-5H,1H3,(H2,11,13). The third-order valence-corrected chi connectivity index (χ3v) is 1.67. The summed E-state index contributed by atoms with van der Waals surface area (Å²) in [6, 6.07) is 1.63. The molecule has 4 nitrogen and oxygen atoms in total. The molecule has 0 unspecified atom stereocenters. The molecule has 0 saturated carbocycles. The van der Waals surface area contributed by atoms with Crippen LogP contribution in [-0.4, -0.2) is 18.0 Å². The van der Waals surface area contributed by atoms with Gasteiger partial charge < -0.3 is 10.5 Å². The minimum Gasteiger partial charge on any atom is -0.481 e. The first-order valence-corrected chi connectivity index (χ1v) is 4.18. The molecule has 0 radical (unpaired) electrons. The van der Waals surface area contributed by atoms with Crippen LogP contribution in [0.4, 0.5) is 0 Å². The molecule has 0 bridgehead atoms. The summed E-state index contributed by atoms with van der Waals surface area (Å²) in [6.07, 6.45) is 4.18. The van der Waals surface area contributed by atoms with Crippen molar-refractivity contribution in [3.05, 3.63) is 28.9 Å². The summed E-state index contributed by atoms with van der Waals surface area (Å²) in [6.45, 7) is 0. The van der Waals surface area contributed by atoms with Gasteiger partial charge in [0.1, 0.15) is 0 Å². The van der Waals surface area contributed by atoms with Gasteiger partial charge >= 0.3 is 0 Å². The molecule has 1 amide bonds. The summed E-state index contributed by atoms with van der Waals surface area (Å²) in [7, 11) is 1.48. The number of amides is 1. The van der Waals surface area contributed by atoms with Crippen LogP contribution >= 0.6 is 11.6 Å². The molecule has 0 aliphatic rings. The molecule has 0 saturated heterocycles. The Balaban J connectivity index is 3.04. The van der Waals surface area contributed by atoms with E-state index in [1.165, 1.54) is 25.5 Å². The molecule has 0 aliphatic heterocycles. The molecule has 0 fully saturated rings. The Labute approximate surface area is 86.3 Å². The molecule has 1 aromatic rings. The highest BCUT2D eigenvalue weighted by molar-refractivity contribution is 6.30. The normalized spacial score (nSPS) is 10.4. The first-order valence-electron chi connectivity index (χ1n) is 3.80. The zero-order valence-electron chi connectivity index (χ0n) is 7.53. The molecule has 0 aliphatic carbocycles. The van der Waals surface area contributed by atoms with Crippen LogP contribution in [0.3, 0.4) is 0 Å². The van der Waals surface area contributed by atoms with Crippen LogP contribution in [0.2, 0.25) is 5.02 Å². The number of carbonyl (C=O) groups is 1. The lowest BCUT2D eigenvalue weighted by molar-refractivity contribution is -0.113. The van der Waals surface area contributed by atoms with Crippen LogP contribution in [0.15, 0.2) is 18.3 Å². The second-order valence-corrected chi connectivity index (χ2v) is 2.92. The third kappa shape index (κ3) is 2.74. The predicted molar refractivity (Wildman–Crippen MR) is 54.0 cm³/mol. The fourth-order valence-corrected chi connectivity index (χ4v) is 1.07. The van der Waals surface area contributed by atoms with Gasteiger partial charge in [-0.3, -0.25) is 4.79 Å². The van der Waals surface area contributed by atoms with E-state index in [2.05, 4.69) is 4.98 Å². The average molecular weight is 213 g/mol. The summed E-state index contributed by atoms with van der Waals surface area (Å²) in [5.41, 5.74) is 5.56. The maximum absolute atomic E-state index is 10.5. The number of hydrogen-bond donors (Lipinski definition) is 1. The van der Waals surface area contributed by atoms with E-state index in [4.69, 9.17) is 22.1 Å². The smallest absolute Gasteiger partial charge is 0.241 e. The van der Waals surface area contributed by atoms with Crippen molar-refractivity contribution in [3.63, 3.8) is 0 Å². The maximum atomic E-state index is 10.5. The first-order chi connectivity index (χ1) is 6.63. The number of primary amides is 1. The molecule has 0 aromatic carbocycles. The zero-order valence-corrected chi connectivity index (χ0v) is 8.28. The fraction of sp³-hybridized carbons (Fsp3) is 0.111. The van der Waals surface area contributed by atoms with Crippen molar-refractivity contribution in [2.75, 3.05) is 7.11 Å². The lowest BCUT2D eigenvalue weighted by Crippen LogP contribution is -2.05. The summed E-state index contributed by atoms with van der Waals surface area (Å²) < 4.78 is 4.96. The lowest BCUT2D eigenvalue weighted by Gasteiger charge is -2.02. The largest absolute Gasteiger partial charge is 0.481 e. The number of hydrogen-bond acceptors (Lipinski definition) is 3. The second kappa shape index (κ2) is 4.62. The number of nitrogens with zero attached hydrogens (tertiary/aromatic N) is 1. The van der Waals surface area contributed by atoms with Gasteiger partial charge in [-0.15, -0.1) is 0 Å². The number of aromatic nitrogens is 1. The molecule has 1 heterocycles. The highest BCUT2D eigenvalue weighted by Crippen LogP contribution is 2.20. The van der Waals surface area contributed by atoms with Crippen LogP contribution in [0.5, 0.6) is 5.88 Å². The molecule has 5 heteroatoms. The molecule has 1 aromatic heterocycles. The fourth-order valence-electron chi connectivity index (χ4n) is 0.904. The highest BCUT2D eigenvalue weighted by Gasteiger charge is 2.01. The van der Waals surface area contributed by atoms with Gasteiger partial charge in [0.15, 0.2) is 0 Å². The number of pyridine rings is 1. The van der Waals surface area contributed by atoms with Gasteiger partial charge in [0.2, 0.25) is 11.8 Å². The van der Waals surface area contributed by atoms with Crippen molar-refractivity contribution in [2.45, 2.75) is 0 Å². The maximum Gasteiger partial charge on any atom is 0.241 e. The summed E-state index contributed by atoms with van der Waals surface area (Å²) in [5, 5.41) is 0.468. The van der Waals surface area contributed by atoms with Gasteiger partial charge in [0.05, 0.1) is 12.1 Å². The van der Waals surface area contributed by atoms with Crippen LogP contribution in [0, 0.1) is 0 Å². The number of rotatable bonds is 3. The monoisotopic (exact) mass is 212 g/mol. The molecule has 74 valence electrons. The molecule has 1 rings (SSSR count). The minimum absolute atomic E-state index is 0.395. The molecular weight excluding hydrogens is 204 g/mol. The van der Waals surface area contributed by atoms with Gasteiger partial charge in [0.25, 0.3) is 0 Å². The van der Waals surface area contributed by atoms with Gasteiger partial charge in [0, 0.05) is 17.8 Å². The Bertz CT molecular complexity index is 377. The van der Waals surface area contributed by atoms with Crippen molar-refractivity contribution >= 4 is 23.6 Å². The van der Waals surface area contributed by atoms with Crippen LogP contribution < -0.4 is 10.5 Å². The van der Waals surface area contributed by atoms with E-state index in [1.807, 2.05) is 0 Å². The summed E-state index contributed by atoms with van der Waals surface area (Å²) in [5.74, 6) is -0.140. The van der Waals surface area contributed by atoms with Crippen molar-refractivity contribution in [2.24, 2.45) is 5.73 Å². The van der Waals surface area contributed by atoms with E-state index < -0.39 is 5.91 Å². The minimum atomic E-state index is -0.535. The van der Waals surface area contributed by atoms with E-state index in [-0.39, 0.29) is 0 Å². The predicted octanol–water partition coefficient (Wildman–Crippen LogP) is 1.24. The molecule has 14 heavy (non-hydrogen) atoms. The first kappa shape index (κ1) is 10.5. The Morgan fingerprint density at radius 2 is 2.43 bits per heavy atom. The second-order valence-electron chi connectivity index (χ2n) is 2.49. The molecule has 0 atom stereocenters. The van der Waals surface area contributed by atoms with Crippen molar-refractivity contribution in [1.29, 1.82) is 0 Å². The average Bonchev–Trinajstić information content (AvgIpc) is 2.15. The number of carbonyl (C=O) groups excluding carboxylic acids is 1. The Morgan fingerprint density at radius 1 is 1.71 bits per heavy atom. The van der Waals surface area contributed by atoms with E-state index >= 15 is 0 Å². The summed E-state index contributed by atoms with van der Waals surface area (Å²) in [4.78, 5) is 14.4. The quantitative estimate of drug-likeness (QED) is 0.767. The Hall–Kier alpha value is -1.55. The van der Waals surface area contributed by atoms with Crippen molar-refractivity contribution < 1.29 is 9.53 Å². The van der Waals surface area contributed by atoms with E-state index in [1.54, 1.807) is 6.07 Å². The number of ether oxygens (including phenoxy) is 1. The third-order valence-electron chi connectivity index (χ3n) is 1.47. The van der Waals surface area contributed by atoms with Gasteiger partial charge in [-0.1, -0.05) is 11.6 Å². The van der Waals surface area contributed by atoms with Gasteiger partial charge in [-0.2, -0.15) is 0 Å². The summed E-state index contributed by atoms with van der Waals surface area (Å²) >= 11 is 5.72. The van der Waals surface area contributed by atoms with Crippen molar-refractivity contribution in [3.8, 4) is 5.88 Å². The lowest BCUT2D eigenvalue weighted by atomic mass is 10.2. The van der Waals surface area contributed by atoms with Crippen LogP contribution in [0.25, 0.3) is 6.08 Å². The topological polar surface area (TPSA) is 65.2 Å². The number of methoxy groups -OCH3 is 1. The van der Waals surface area contributed by atoms with E-state index in [9.17, 15) is 4.79 Å². The van der Waals surface area contributed by atoms with Crippen LogP contribution in [-0.2, 0) is 4.79 Å². The SMILES string of the molecule is COc1ncc(Cl)cc1C=CC(N)=O. The molecular formula is C9H9ClN2O2. The number of halogens is 1. The Kier molecular flexibility index (Phi) is 3.48. The van der Waals surface area contributed by atoms with E-state index in [0.717, 1.165) is 0 Å². The van der Waals surface area contributed by atoms with Crippen molar-refractivity contribution in [1.82, 2.24) is 4.98 Å². The Morgan fingerprint density at radius 3 is 3.00 bits per heavy atom. The van der Waals surface area contributed by atoms with Gasteiger partial charge in [-0.05, 0) is 12.1 Å². The van der Waals surface area contributed by atoms with Crippen LogP contribution in [0.1, 0.15) is 5.56 Å². The molecule has 0 spiro atoms. The zero-order chi connectivity index (χ0) is 10.6. The highest BCUT2D eigenvalue weighted by atomic mass is 35.5. The molecule has 2 N–H and O–H groups in total.